The molecule has 0 radical (unpaired) electrons. The number of sulfonamides is 1. The molecule has 0 atom stereocenters. The van der Waals surface area contributed by atoms with Crippen molar-refractivity contribution in [1.29, 1.82) is 0 Å². The van der Waals surface area contributed by atoms with E-state index in [9.17, 15) is 12.8 Å². The zero-order valence-electron chi connectivity index (χ0n) is 10.5. The molecule has 104 valence electrons. The van der Waals surface area contributed by atoms with E-state index in [4.69, 9.17) is 9.88 Å². The minimum Gasteiger partial charge on any atom is -0.493 e. The molecule has 0 saturated heterocycles. The van der Waals surface area contributed by atoms with Crippen LogP contribution in [0.1, 0.15) is 6.92 Å². The SMILES string of the molecule is CCOc1cccc2c1c(S(N)(=O)=O)cn2CCF. The van der Waals surface area contributed by atoms with Gasteiger partial charge in [-0.25, -0.2) is 17.9 Å². The van der Waals surface area contributed by atoms with E-state index in [1.54, 1.807) is 25.1 Å². The summed E-state index contributed by atoms with van der Waals surface area (Å²) < 4.78 is 42.7. The predicted octanol–water partition coefficient (Wildman–Crippen LogP) is 1.66. The monoisotopic (exact) mass is 286 g/mol. The molecule has 0 aliphatic rings. The van der Waals surface area contributed by atoms with Gasteiger partial charge in [-0.05, 0) is 19.1 Å². The van der Waals surface area contributed by atoms with Gasteiger partial charge in [-0.15, -0.1) is 0 Å². The van der Waals surface area contributed by atoms with E-state index in [1.165, 1.54) is 10.8 Å². The van der Waals surface area contributed by atoms with Gasteiger partial charge in [-0.2, -0.15) is 0 Å². The van der Waals surface area contributed by atoms with Crippen molar-refractivity contribution in [1.82, 2.24) is 4.57 Å². The van der Waals surface area contributed by atoms with Crippen molar-refractivity contribution < 1.29 is 17.5 Å². The highest BCUT2D eigenvalue weighted by Crippen LogP contribution is 2.33. The van der Waals surface area contributed by atoms with Crippen LogP contribution in [0.3, 0.4) is 0 Å². The van der Waals surface area contributed by atoms with E-state index in [0.29, 0.717) is 23.3 Å². The molecule has 0 amide bonds. The molecule has 2 aromatic rings. The first-order valence-electron chi connectivity index (χ1n) is 5.82. The molecule has 5 nitrogen and oxygen atoms in total. The summed E-state index contributed by atoms with van der Waals surface area (Å²) in [5.41, 5.74) is 0.590. The smallest absolute Gasteiger partial charge is 0.240 e. The average molecular weight is 286 g/mol. The van der Waals surface area contributed by atoms with Crippen LogP contribution in [0.15, 0.2) is 29.3 Å². The molecule has 1 aromatic heterocycles. The summed E-state index contributed by atoms with van der Waals surface area (Å²) in [6.07, 6.45) is 1.35. The van der Waals surface area contributed by atoms with Crippen molar-refractivity contribution >= 4 is 20.9 Å². The number of ether oxygens (including phenoxy) is 1. The van der Waals surface area contributed by atoms with Crippen molar-refractivity contribution in [3.05, 3.63) is 24.4 Å². The third-order valence-corrected chi connectivity index (χ3v) is 3.69. The first kappa shape index (κ1) is 13.8. The first-order chi connectivity index (χ1) is 8.99. The number of fused-ring (bicyclic) bond motifs is 1. The lowest BCUT2D eigenvalue weighted by atomic mass is 10.2. The number of hydrogen-bond acceptors (Lipinski definition) is 3. The van der Waals surface area contributed by atoms with Crippen LogP contribution in [-0.2, 0) is 16.6 Å². The maximum absolute atomic E-state index is 12.5. The van der Waals surface area contributed by atoms with Crippen molar-refractivity contribution in [2.24, 2.45) is 5.14 Å². The fourth-order valence-corrected chi connectivity index (χ4v) is 2.81. The molecule has 0 fully saturated rings. The van der Waals surface area contributed by atoms with E-state index < -0.39 is 16.7 Å². The molecule has 0 saturated carbocycles. The fourth-order valence-electron chi connectivity index (χ4n) is 2.05. The summed E-state index contributed by atoms with van der Waals surface area (Å²) >= 11 is 0. The van der Waals surface area contributed by atoms with Gasteiger partial charge in [0, 0.05) is 6.20 Å². The van der Waals surface area contributed by atoms with Crippen LogP contribution in [-0.4, -0.2) is 26.3 Å². The van der Waals surface area contributed by atoms with E-state index in [0.717, 1.165) is 0 Å². The van der Waals surface area contributed by atoms with Gasteiger partial charge in [0.05, 0.1) is 24.1 Å². The number of aryl methyl sites for hydroxylation is 1. The predicted molar refractivity (Wildman–Crippen MR) is 70.5 cm³/mol. The standard InChI is InChI=1S/C12H15FN2O3S/c1-2-18-10-5-3-4-9-12(10)11(19(14,16)17)8-15(9)7-6-13/h3-5,8H,2,6-7H2,1H3,(H2,14,16,17). The van der Waals surface area contributed by atoms with Crippen molar-refractivity contribution in [2.75, 3.05) is 13.3 Å². The summed E-state index contributed by atoms with van der Waals surface area (Å²) in [4.78, 5) is -0.0417. The molecule has 7 heteroatoms. The summed E-state index contributed by atoms with van der Waals surface area (Å²) in [6.45, 7) is 1.68. The Hall–Kier alpha value is -1.60. The second-order valence-electron chi connectivity index (χ2n) is 4.00. The van der Waals surface area contributed by atoms with Crippen LogP contribution in [0.25, 0.3) is 10.9 Å². The van der Waals surface area contributed by atoms with Crippen molar-refractivity contribution in [3.8, 4) is 5.75 Å². The highest BCUT2D eigenvalue weighted by molar-refractivity contribution is 7.89. The van der Waals surface area contributed by atoms with Crippen LogP contribution in [0.4, 0.5) is 4.39 Å². The summed E-state index contributed by atoms with van der Waals surface area (Å²) in [7, 11) is -3.89. The molecule has 1 aromatic carbocycles. The highest BCUT2D eigenvalue weighted by atomic mass is 32.2. The minimum absolute atomic E-state index is 0.0417. The molecule has 2 N–H and O–H groups in total. The number of aromatic nitrogens is 1. The van der Waals surface area contributed by atoms with Gasteiger partial charge >= 0.3 is 0 Å². The number of rotatable bonds is 5. The Balaban J connectivity index is 2.80. The van der Waals surface area contributed by atoms with Crippen LogP contribution >= 0.6 is 0 Å². The molecule has 0 spiro atoms. The maximum Gasteiger partial charge on any atom is 0.240 e. The number of nitrogens with zero attached hydrogens (tertiary/aromatic N) is 1. The van der Waals surface area contributed by atoms with E-state index in [2.05, 4.69) is 0 Å². The molecule has 0 aliphatic carbocycles. The molecule has 0 unspecified atom stereocenters. The van der Waals surface area contributed by atoms with Crippen molar-refractivity contribution in [2.45, 2.75) is 18.4 Å². The lowest BCUT2D eigenvalue weighted by Gasteiger charge is -2.06. The molecular formula is C12H15FN2O3S. The number of benzene rings is 1. The second-order valence-corrected chi connectivity index (χ2v) is 5.53. The second kappa shape index (κ2) is 5.18. The number of alkyl halides is 1. The van der Waals surface area contributed by atoms with Gasteiger partial charge < -0.3 is 9.30 Å². The molecular weight excluding hydrogens is 271 g/mol. The topological polar surface area (TPSA) is 74.3 Å². The van der Waals surface area contributed by atoms with Crippen LogP contribution in [0, 0.1) is 0 Å². The minimum atomic E-state index is -3.89. The molecule has 19 heavy (non-hydrogen) atoms. The van der Waals surface area contributed by atoms with E-state index in [-0.39, 0.29) is 11.4 Å². The van der Waals surface area contributed by atoms with Crippen LogP contribution in [0.5, 0.6) is 5.75 Å². The van der Waals surface area contributed by atoms with Crippen molar-refractivity contribution in [3.63, 3.8) is 0 Å². The highest BCUT2D eigenvalue weighted by Gasteiger charge is 2.20. The third-order valence-electron chi connectivity index (χ3n) is 2.76. The average Bonchev–Trinajstić information content (AvgIpc) is 2.70. The lowest BCUT2D eigenvalue weighted by Crippen LogP contribution is -2.12. The largest absolute Gasteiger partial charge is 0.493 e. The number of nitrogens with two attached hydrogens (primary N) is 1. The third kappa shape index (κ3) is 2.57. The Morgan fingerprint density at radius 1 is 1.42 bits per heavy atom. The molecule has 0 bridgehead atoms. The fraction of sp³-hybridized carbons (Fsp3) is 0.333. The van der Waals surface area contributed by atoms with E-state index in [1.807, 2.05) is 0 Å². The van der Waals surface area contributed by atoms with Gasteiger partial charge in [0.2, 0.25) is 10.0 Å². The quantitative estimate of drug-likeness (QED) is 0.908. The Bertz CT molecular complexity index is 694. The molecule has 2 rings (SSSR count). The number of hydrogen-bond donors (Lipinski definition) is 1. The van der Waals surface area contributed by atoms with Crippen LogP contribution in [0.2, 0.25) is 0 Å². The summed E-state index contributed by atoms with van der Waals surface area (Å²) in [6, 6.07) is 5.11. The zero-order chi connectivity index (χ0) is 14.0. The van der Waals surface area contributed by atoms with Gasteiger partial charge in [-0.1, -0.05) is 6.07 Å². The van der Waals surface area contributed by atoms with Gasteiger partial charge in [0.25, 0.3) is 0 Å². The molecule has 0 aliphatic heterocycles. The Kier molecular flexibility index (Phi) is 3.77. The number of halogens is 1. The van der Waals surface area contributed by atoms with Crippen LogP contribution < -0.4 is 9.88 Å². The lowest BCUT2D eigenvalue weighted by molar-refractivity contribution is 0.344. The Labute approximate surface area is 110 Å². The van der Waals surface area contributed by atoms with E-state index >= 15 is 0 Å². The first-order valence-corrected chi connectivity index (χ1v) is 7.37. The summed E-state index contributed by atoms with van der Waals surface area (Å²) in [5, 5.41) is 5.61. The molecule has 1 heterocycles. The Morgan fingerprint density at radius 3 is 2.74 bits per heavy atom. The summed E-state index contributed by atoms with van der Waals surface area (Å²) in [5.74, 6) is 0.432. The van der Waals surface area contributed by atoms with Gasteiger partial charge in [-0.3, -0.25) is 0 Å². The maximum atomic E-state index is 12.5. The normalized spacial score (nSPS) is 11.9. The zero-order valence-corrected chi connectivity index (χ0v) is 11.3. The van der Waals surface area contributed by atoms with Gasteiger partial charge in [0.15, 0.2) is 0 Å². The van der Waals surface area contributed by atoms with Gasteiger partial charge in [0.1, 0.15) is 17.3 Å². The Morgan fingerprint density at radius 2 is 2.16 bits per heavy atom. The number of primary sulfonamides is 1.